The molecule has 3 atom stereocenters. The normalized spacial score (nSPS) is 24.4. The molecule has 1 aliphatic rings. The SMILES string of the molecule is CCCCCC(C)N1C(=O)C(CC)NC1c1ccsc1. The zero-order chi connectivity index (χ0) is 14.5. The number of unbranched alkanes of at least 4 members (excludes halogenated alkanes) is 2. The molecule has 3 nitrogen and oxygen atoms in total. The van der Waals surface area contributed by atoms with Gasteiger partial charge in [-0.15, -0.1) is 0 Å². The lowest BCUT2D eigenvalue weighted by Gasteiger charge is -2.30. The summed E-state index contributed by atoms with van der Waals surface area (Å²) in [7, 11) is 0. The number of thiophene rings is 1. The maximum absolute atomic E-state index is 12.6. The molecule has 1 amide bonds. The van der Waals surface area contributed by atoms with Crippen LogP contribution in [0.5, 0.6) is 0 Å². The molecule has 3 unspecified atom stereocenters. The van der Waals surface area contributed by atoms with E-state index in [1.54, 1.807) is 11.3 Å². The Morgan fingerprint density at radius 3 is 2.80 bits per heavy atom. The maximum Gasteiger partial charge on any atom is 0.241 e. The lowest BCUT2D eigenvalue weighted by molar-refractivity contribution is -0.132. The van der Waals surface area contributed by atoms with Gasteiger partial charge in [0.15, 0.2) is 0 Å². The monoisotopic (exact) mass is 294 g/mol. The van der Waals surface area contributed by atoms with E-state index in [9.17, 15) is 4.79 Å². The average molecular weight is 294 g/mol. The molecule has 2 heterocycles. The molecule has 1 aromatic heterocycles. The van der Waals surface area contributed by atoms with Crippen LogP contribution < -0.4 is 5.32 Å². The molecule has 2 rings (SSSR count). The van der Waals surface area contributed by atoms with Crippen molar-refractivity contribution in [3.63, 3.8) is 0 Å². The highest BCUT2D eigenvalue weighted by Crippen LogP contribution is 2.31. The topological polar surface area (TPSA) is 32.3 Å². The summed E-state index contributed by atoms with van der Waals surface area (Å²) in [5, 5.41) is 7.73. The van der Waals surface area contributed by atoms with Gasteiger partial charge in [-0.05, 0) is 42.2 Å². The Bertz CT molecular complexity index is 418. The van der Waals surface area contributed by atoms with Crippen molar-refractivity contribution in [2.24, 2.45) is 0 Å². The summed E-state index contributed by atoms with van der Waals surface area (Å²) in [4.78, 5) is 14.7. The molecule has 1 saturated heterocycles. The molecule has 20 heavy (non-hydrogen) atoms. The van der Waals surface area contributed by atoms with Gasteiger partial charge in [-0.3, -0.25) is 10.1 Å². The second-order valence-corrected chi connectivity index (χ2v) is 6.46. The van der Waals surface area contributed by atoms with Gasteiger partial charge in [0.25, 0.3) is 0 Å². The molecular weight excluding hydrogens is 268 g/mol. The van der Waals surface area contributed by atoms with E-state index in [1.165, 1.54) is 24.8 Å². The highest BCUT2D eigenvalue weighted by Gasteiger charge is 2.40. The fourth-order valence-electron chi connectivity index (χ4n) is 2.93. The molecule has 4 heteroatoms. The Kier molecular flexibility index (Phi) is 5.61. The third-order valence-electron chi connectivity index (χ3n) is 4.16. The van der Waals surface area contributed by atoms with Gasteiger partial charge >= 0.3 is 0 Å². The number of hydrogen-bond donors (Lipinski definition) is 1. The molecule has 1 aliphatic heterocycles. The quantitative estimate of drug-likeness (QED) is 0.773. The number of nitrogens with one attached hydrogen (secondary N) is 1. The van der Waals surface area contributed by atoms with Crippen LogP contribution in [0.4, 0.5) is 0 Å². The van der Waals surface area contributed by atoms with E-state index in [1.807, 2.05) is 0 Å². The lowest BCUT2D eigenvalue weighted by atomic mass is 10.1. The highest BCUT2D eigenvalue weighted by atomic mass is 32.1. The minimum atomic E-state index is -0.0199. The Balaban J connectivity index is 2.10. The fourth-order valence-corrected chi connectivity index (χ4v) is 3.61. The molecule has 0 saturated carbocycles. The van der Waals surface area contributed by atoms with Gasteiger partial charge in [0.2, 0.25) is 5.91 Å². The van der Waals surface area contributed by atoms with Crippen LogP contribution in [0.3, 0.4) is 0 Å². The van der Waals surface area contributed by atoms with E-state index >= 15 is 0 Å². The van der Waals surface area contributed by atoms with Crippen LogP contribution in [0.25, 0.3) is 0 Å². The van der Waals surface area contributed by atoms with E-state index in [0.717, 1.165) is 12.8 Å². The smallest absolute Gasteiger partial charge is 0.241 e. The van der Waals surface area contributed by atoms with Gasteiger partial charge in [-0.1, -0.05) is 33.1 Å². The molecule has 1 fully saturated rings. The van der Waals surface area contributed by atoms with E-state index in [4.69, 9.17) is 0 Å². The van der Waals surface area contributed by atoms with Crippen LogP contribution >= 0.6 is 11.3 Å². The predicted molar refractivity (Wildman–Crippen MR) is 84.7 cm³/mol. The summed E-state index contributed by atoms with van der Waals surface area (Å²) >= 11 is 1.69. The van der Waals surface area contributed by atoms with Crippen molar-refractivity contribution in [2.45, 2.75) is 71.1 Å². The first-order valence-corrected chi connectivity index (χ1v) is 8.73. The van der Waals surface area contributed by atoms with Crippen LogP contribution in [0.15, 0.2) is 16.8 Å². The Morgan fingerprint density at radius 1 is 1.40 bits per heavy atom. The average Bonchev–Trinajstić information content (AvgIpc) is 3.06. The van der Waals surface area contributed by atoms with E-state index in [0.29, 0.717) is 6.04 Å². The summed E-state index contributed by atoms with van der Waals surface area (Å²) < 4.78 is 0. The first kappa shape index (κ1) is 15.5. The second-order valence-electron chi connectivity index (χ2n) is 5.68. The predicted octanol–water partition coefficient (Wildman–Crippen LogP) is 3.93. The van der Waals surface area contributed by atoms with Crippen molar-refractivity contribution < 1.29 is 4.79 Å². The number of hydrogen-bond acceptors (Lipinski definition) is 3. The standard InChI is InChI=1S/C16H26N2OS/c1-4-6-7-8-12(3)18-15(13-9-10-20-11-13)17-14(5-2)16(18)19/h9-12,14-15,17H,4-8H2,1-3H3. The number of carbonyl (C=O) groups excluding carboxylic acids is 1. The van der Waals surface area contributed by atoms with Crippen molar-refractivity contribution >= 4 is 17.2 Å². The Labute approximate surface area is 126 Å². The molecule has 0 aliphatic carbocycles. The van der Waals surface area contributed by atoms with E-state index < -0.39 is 0 Å². The van der Waals surface area contributed by atoms with Crippen LogP contribution in [0, 0.1) is 0 Å². The maximum atomic E-state index is 12.6. The molecule has 1 N–H and O–H groups in total. The Hall–Kier alpha value is -0.870. The highest BCUT2D eigenvalue weighted by molar-refractivity contribution is 7.07. The molecule has 112 valence electrons. The fraction of sp³-hybridized carbons (Fsp3) is 0.688. The summed E-state index contributed by atoms with van der Waals surface area (Å²) in [6, 6.07) is 2.41. The lowest BCUT2D eigenvalue weighted by Crippen LogP contribution is -2.38. The van der Waals surface area contributed by atoms with E-state index in [-0.39, 0.29) is 18.1 Å². The van der Waals surface area contributed by atoms with Crippen LogP contribution in [-0.4, -0.2) is 22.9 Å². The summed E-state index contributed by atoms with van der Waals surface area (Å²) in [5.74, 6) is 0.271. The number of rotatable bonds is 7. The minimum Gasteiger partial charge on any atom is -0.319 e. The van der Waals surface area contributed by atoms with Gasteiger partial charge in [-0.2, -0.15) is 11.3 Å². The van der Waals surface area contributed by atoms with Gasteiger partial charge in [-0.25, -0.2) is 0 Å². The summed E-state index contributed by atoms with van der Waals surface area (Å²) in [6.07, 6.45) is 5.70. The first-order valence-electron chi connectivity index (χ1n) is 7.79. The van der Waals surface area contributed by atoms with Crippen molar-refractivity contribution in [3.05, 3.63) is 22.4 Å². The third kappa shape index (κ3) is 3.23. The molecule has 0 aromatic carbocycles. The summed E-state index contributed by atoms with van der Waals surface area (Å²) in [5.41, 5.74) is 1.22. The molecular formula is C16H26N2OS. The molecule has 0 bridgehead atoms. The van der Waals surface area contributed by atoms with Crippen molar-refractivity contribution in [1.29, 1.82) is 0 Å². The zero-order valence-electron chi connectivity index (χ0n) is 12.8. The number of carbonyl (C=O) groups is 1. The second kappa shape index (κ2) is 7.23. The molecule has 1 aromatic rings. The third-order valence-corrected chi connectivity index (χ3v) is 4.86. The Morgan fingerprint density at radius 2 is 2.20 bits per heavy atom. The number of amides is 1. The molecule has 0 radical (unpaired) electrons. The molecule has 0 spiro atoms. The van der Waals surface area contributed by atoms with Gasteiger partial charge in [0.05, 0.1) is 6.04 Å². The first-order chi connectivity index (χ1) is 9.69. The van der Waals surface area contributed by atoms with Crippen LogP contribution in [0.2, 0.25) is 0 Å². The van der Waals surface area contributed by atoms with Crippen LogP contribution in [0.1, 0.15) is 64.6 Å². The van der Waals surface area contributed by atoms with Crippen molar-refractivity contribution in [3.8, 4) is 0 Å². The van der Waals surface area contributed by atoms with Crippen molar-refractivity contribution in [2.75, 3.05) is 0 Å². The minimum absolute atomic E-state index is 0.0199. The van der Waals surface area contributed by atoms with E-state index in [2.05, 4.69) is 47.8 Å². The summed E-state index contributed by atoms with van der Waals surface area (Å²) in [6.45, 7) is 6.48. The largest absolute Gasteiger partial charge is 0.319 e. The van der Waals surface area contributed by atoms with Gasteiger partial charge in [0, 0.05) is 6.04 Å². The van der Waals surface area contributed by atoms with Crippen LogP contribution in [-0.2, 0) is 4.79 Å². The zero-order valence-corrected chi connectivity index (χ0v) is 13.6. The van der Waals surface area contributed by atoms with Gasteiger partial charge in [0.1, 0.15) is 6.17 Å². The van der Waals surface area contributed by atoms with Gasteiger partial charge < -0.3 is 4.90 Å². The number of nitrogens with zero attached hydrogens (tertiary/aromatic N) is 1. The van der Waals surface area contributed by atoms with Crippen molar-refractivity contribution in [1.82, 2.24) is 10.2 Å².